The molecular weight excluding hydrogens is 173 g/mol. The van der Waals surface area contributed by atoms with E-state index < -0.39 is 23.6 Å². The number of rotatable bonds is 2. The highest BCUT2D eigenvalue weighted by Gasteiger charge is 2.19. The lowest BCUT2D eigenvalue weighted by Crippen LogP contribution is -2.43. The average Bonchev–Trinajstić information content (AvgIpc) is 1.81. The highest BCUT2D eigenvalue weighted by atomic mass is 16.6. The highest BCUT2D eigenvalue weighted by Crippen LogP contribution is 2.06. The molecule has 5 nitrogen and oxygen atoms in total. The summed E-state index contributed by atoms with van der Waals surface area (Å²) in [6.45, 7) is 5.12. The predicted molar refractivity (Wildman–Crippen MR) is 49.3 cm³/mol. The van der Waals surface area contributed by atoms with Crippen molar-refractivity contribution in [2.75, 3.05) is 0 Å². The van der Waals surface area contributed by atoms with Crippen molar-refractivity contribution in [3.63, 3.8) is 0 Å². The van der Waals surface area contributed by atoms with Crippen molar-refractivity contribution >= 4 is 19.9 Å². The van der Waals surface area contributed by atoms with E-state index in [4.69, 9.17) is 9.84 Å². The molecule has 0 aliphatic heterocycles. The molecule has 1 amide bonds. The number of hydrogen-bond acceptors (Lipinski definition) is 3. The second-order valence-corrected chi connectivity index (χ2v) is 3.71. The van der Waals surface area contributed by atoms with Gasteiger partial charge in [-0.3, -0.25) is 4.79 Å². The Labute approximate surface area is 77.9 Å². The summed E-state index contributed by atoms with van der Waals surface area (Å²) in [5.74, 6) is -2.03. The first kappa shape index (κ1) is 11.8. The molecule has 74 valence electrons. The van der Waals surface area contributed by atoms with Crippen LogP contribution < -0.4 is 5.32 Å². The monoisotopic (exact) mass is 187 g/mol. The van der Waals surface area contributed by atoms with Crippen molar-refractivity contribution in [1.82, 2.24) is 5.32 Å². The molecule has 0 radical (unpaired) electrons. The maximum Gasteiger partial charge on any atom is 0.407 e. The molecule has 0 saturated heterocycles. The van der Waals surface area contributed by atoms with E-state index in [9.17, 15) is 9.59 Å². The van der Waals surface area contributed by atoms with Gasteiger partial charge < -0.3 is 15.2 Å². The first-order valence-electron chi connectivity index (χ1n) is 3.94. The van der Waals surface area contributed by atoms with Crippen LogP contribution in [0.5, 0.6) is 0 Å². The summed E-state index contributed by atoms with van der Waals surface area (Å²) in [4.78, 5) is 21.3. The second kappa shape index (κ2) is 4.16. The minimum Gasteiger partial charge on any atom is -0.480 e. The third-order valence-corrected chi connectivity index (χ3v) is 1.10. The van der Waals surface area contributed by atoms with Gasteiger partial charge in [-0.2, -0.15) is 0 Å². The highest BCUT2D eigenvalue weighted by molar-refractivity contribution is 6.23. The number of carbonyl (C=O) groups is 2. The summed E-state index contributed by atoms with van der Waals surface area (Å²) < 4.78 is 4.85. The van der Waals surface area contributed by atoms with Crippen LogP contribution in [0.4, 0.5) is 4.79 Å². The van der Waals surface area contributed by atoms with Crippen LogP contribution in [0.25, 0.3) is 0 Å². The molecule has 0 aliphatic carbocycles. The van der Waals surface area contributed by atoms with Gasteiger partial charge in [-0.05, 0) is 20.8 Å². The summed E-state index contributed by atoms with van der Waals surface area (Å²) in [6, 6.07) is 0. The van der Waals surface area contributed by atoms with Crippen molar-refractivity contribution in [1.29, 1.82) is 0 Å². The standard InChI is InChI=1S/C7H14BNO4/c1-7(2,3)13-6(12)9-4(8)5(10)11/h4H,8H2,1-3H3,(H,9,12)(H,10,11)/t4-/m0/s1. The summed E-state index contributed by atoms with van der Waals surface area (Å²) >= 11 is 0. The van der Waals surface area contributed by atoms with E-state index in [2.05, 4.69) is 5.32 Å². The van der Waals surface area contributed by atoms with Gasteiger partial charge >= 0.3 is 12.1 Å². The van der Waals surface area contributed by atoms with Crippen molar-refractivity contribution in [3.8, 4) is 0 Å². The zero-order valence-corrected chi connectivity index (χ0v) is 8.25. The normalized spacial score (nSPS) is 13.2. The fourth-order valence-electron chi connectivity index (χ4n) is 0.546. The second-order valence-electron chi connectivity index (χ2n) is 3.71. The Kier molecular flexibility index (Phi) is 3.78. The largest absolute Gasteiger partial charge is 0.480 e. The van der Waals surface area contributed by atoms with Crippen LogP contribution in [0.3, 0.4) is 0 Å². The minimum atomic E-state index is -1.09. The molecule has 0 fully saturated rings. The number of carbonyl (C=O) groups excluding carboxylic acids is 1. The Balaban J connectivity index is 3.96. The molecular formula is C7H14BNO4. The van der Waals surface area contributed by atoms with Crippen LogP contribution in [0.15, 0.2) is 0 Å². The third-order valence-electron chi connectivity index (χ3n) is 1.10. The Morgan fingerprint density at radius 2 is 1.92 bits per heavy atom. The SMILES string of the molecule is B[C@@H](NC(=O)OC(C)(C)C)C(=O)O. The maximum atomic E-state index is 11.0. The molecule has 0 saturated carbocycles. The Morgan fingerprint density at radius 1 is 1.46 bits per heavy atom. The third kappa shape index (κ3) is 6.01. The number of ether oxygens (including phenoxy) is 1. The van der Waals surface area contributed by atoms with Gasteiger partial charge in [-0.15, -0.1) is 0 Å². The van der Waals surface area contributed by atoms with Crippen LogP contribution in [-0.2, 0) is 9.53 Å². The van der Waals surface area contributed by atoms with Crippen LogP contribution >= 0.6 is 0 Å². The van der Waals surface area contributed by atoms with E-state index in [1.807, 2.05) is 0 Å². The first-order chi connectivity index (χ1) is 5.72. The molecule has 0 bridgehead atoms. The molecule has 0 aromatic rings. The van der Waals surface area contributed by atoms with Crippen molar-refractivity contribution in [2.45, 2.75) is 32.3 Å². The van der Waals surface area contributed by atoms with E-state index in [0.717, 1.165) is 0 Å². The topological polar surface area (TPSA) is 75.6 Å². The molecule has 0 rings (SSSR count). The average molecular weight is 187 g/mol. The lowest BCUT2D eigenvalue weighted by atomic mass is 9.97. The van der Waals surface area contributed by atoms with Crippen LogP contribution in [0.2, 0.25) is 0 Å². The number of nitrogens with one attached hydrogen (secondary N) is 1. The van der Waals surface area contributed by atoms with Gasteiger partial charge in [0.15, 0.2) is 0 Å². The predicted octanol–water partition coefficient (Wildman–Crippen LogP) is -0.445. The number of carboxylic acids is 1. The Hall–Kier alpha value is -1.20. The molecule has 0 unspecified atom stereocenters. The van der Waals surface area contributed by atoms with Crippen molar-refractivity contribution in [2.24, 2.45) is 0 Å². The fourth-order valence-corrected chi connectivity index (χ4v) is 0.546. The van der Waals surface area contributed by atoms with E-state index in [0.29, 0.717) is 0 Å². The maximum absolute atomic E-state index is 11.0. The van der Waals surface area contributed by atoms with E-state index in [1.165, 1.54) is 7.85 Å². The first-order valence-corrected chi connectivity index (χ1v) is 3.94. The number of amides is 1. The zero-order chi connectivity index (χ0) is 10.6. The van der Waals surface area contributed by atoms with Gasteiger partial charge in [0.25, 0.3) is 0 Å². The van der Waals surface area contributed by atoms with Crippen LogP contribution in [0.1, 0.15) is 20.8 Å². The lowest BCUT2D eigenvalue weighted by molar-refractivity contribution is -0.137. The molecule has 2 N–H and O–H groups in total. The molecule has 13 heavy (non-hydrogen) atoms. The fraction of sp³-hybridized carbons (Fsp3) is 0.714. The molecule has 0 aliphatic rings. The molecule has 1 atom stereocenters. The molecule has 6 heteroatoms. The van der Waals surface area contributed by atoms with Gasteiger partial charge in [0.1, 0.15) is 13.4 Å². The Morgan fingerprint density at radius 3 is 2.23 bits per heavy atom. The number of carboxylic acid groups (broad SMARTS) is 1. The van der Waals surface area contributed by atoms with Gasteiger partial charge in [0, 0.05) is 0 Å². The molecule has 0 aromatic heterocycles. The molecule has 0 spiro atoms. The van der Waals surface area contributed by atoms with Crippen molar-refractivity contribution < 1.29 is 19.4 Å². The van der Waals surface area contributed by atoms with E-state index in [1.54, 1.807) is 20.8 Å². The lowest BCUT2D eigenvalue weighted by Gasteiger charge is -2.20. The summed E-state index contributed by atoms with van der Waals surface area (Å²) in [5.41, 5.74) is -0.609. The summed E-state index contributed by atoms with van der Waals surface area (Å²) in [6.07, 6.45) is -0.720. The Bertz CT molecular complexity index is 211. The molecule has 0 heterocycles. The van der Waals surface area contributed by atoms with E-state index >= 15 is 0 Å². The van der Waals surface area contributed by atoms with Gasteiger partial charge in [0.05, 0.1) is 5.94 Å². The molecule has 0 aromatic carbocycles. The number of alkyl carbamates (subject to hydrolysis) is 1. The van der Waals surface area contributed by atoms with Crippen molar-refractivity contribution in [3.05, 3.63) is 0 Å². The van der Waals surface area contributed by atoms with E-state index in [-0.39, 0.29) is 0 Å². The number of hydrogen-bond donors (Lipinski definition) is 2. The quantitative estimate of drug-likeness (QED) is 0.574. The van der Waals surface area contributed by atoms with Crippen LogP contribution in [0, 0.1) is 0 Å². The number of aliphatic carboxylic acids is 1. The van der Waals surface area contributed by atoms with Gasteiger partial charge in [0.2, 0.25) is 0 Å². The zero-order valence-electron chi connectivity index (χ0n) is 8.25. The van der Waals surface area contributed by atoms with Crippen LogP contribution in [-0.4, -0.2) is 36.6 Å². The smallest absolute Gasteiger partial charge is 0.407 e. The summed E-state index contributed by atoms with van der Waals surface area (Å²) in [5, 5.41) is 10.6. The minimum absolute atomic E-state index is 0.609. The van der Waals surface area contributed by atoms with Gasteiger partial charge in [-0.1, -0.05) is 0 Å². The summed E-state index contributed by atoms with van der Waals surface area (Å²) in [7, 11) is 1.37. The van der Waals surface area contributed by atoms with Gasteiger partial charge in [-0.25, -0.2) is 4.79 Å².